The van der Waals surface area contributed by atoms with E-state index in [2.05, 4.69) is 92.6 Å². The van der Waals surface area contributed by atoms with E-state index in [1.165, 1.54) is 57.6 Å². The number of fused-ring (bicyclic) bond motifs is 3. The molecule has 0 fully saturated rings. The summed E-state index contributed by atoms with van der Waals surface area (Å²) >= 11 is 1.30. The van der Waals surface area contributed by atoms with Gasteiger partial charge in [-0.2, -0.15) is 79.2 Å². The van der Waals surface area contributed by atoms with E-state index in [-0.39, 0.29) is 0 Å². The molecule has 160 valence electrons. The van der Waals surface area contributed by atoms with Gasteiger partial charge < -0.3 is 6.92 Å². The summed E-state index contributed by atoms with van der Waals surface area (Å²) in [5.41, 5.74) is 8.21. The van der Waals surface area contributed by atoms with Crippen LogP contribution in [-0.4, -0.2) is 4.21 Å². The molecule has 2 aliphatic rings. The first kappa shape index (κ1) is 26.9. The molecule has 0 saturated carbocycles. The molecule has 0 heterocycles. The third-order valence-electron chi connectivity index (χ3n) is 4.76. The molecule has 0 N–H and O–H groups in total. The van der Waals surface area contributed by atoms with Gasteiger partial charge in [0.1, 0.15) is 0 Å². The average Bonchev–Trinajstić information content (AvgIpc) is 3.36. The molecule has 3 aromatic carbocycles. The van der Waals surface area contributed by atoms with E-state index in [9.17, 15) is 0 Å². The van der Waals surface area contributed by atoms with Crippen LogP contribution in [0.2, 0.25) is 0 Å². The van der Waals surface area contributed by atoms with Crippen molar-refractivity contribution in [3.05, 3.63) is 126 Å². The summed E-state index contributed by atoms with van der Waals surface area (Å²) in [6.07, 6.45) is 6.57. The van der Waals surface area contributed by atoms with Gasteiger partial charge in [-0.1, -0.05) is 55.2 Å². The minimum atomic E-state index is 0.551. The predicted octanol–water partition coefficient (Wildman–Crippen LogP) is 7.68. The van der Waals surface area contributed by atoms with Gasteiger partial charge >= 0.3 is 28.4 Å². The predicted molar refractivity (Wildman–Crippen MR) is 132 cm³/mol. The van der Waals surface area contributed by atoms with Crippen LogP contribution >= 0.6 is 0 Å². The number of hydrogen-bond acceptors (Lipinski definition) is 0. The van der Waals surface area contributed by atoms with E-state index in [0.717, 1.165) is 6.42 Å². The molecule has 1 atom stereocenters. The summed E-state index contributed by atoms with van der Waals surface area (Å²) in [7, 11) is 0. The summed E-state index contributed by atoms with van der Waals surface area (Å²) in [4.78, 5) is 0. The van der Waals surface area contributed by atoms with E-state index in [1.807, 2.05) is 36.4 Å². The Morgan fingerprint density at radius 2 is 1.52 bits per heavy atom. The maximum atomic E-state index is 3.34. The Hall–Kier alpha value is -2.11. The first-order chi connectivity index (χ1) is 15.1. The van der Waals surface area contributed by atoms with Gasteiger partial charge in [0.25, 0.3) is 0 Å². The van der Waals surface area contributed by atoms with Crippen LogP contribution in [0.15, 0.2) is 90.0 Å². The van der Waals surface area contributed by atoms with Crippen molar-refractivity contribution in [2.45, 2.75) is 34.1 Å². The van der Waals surface area contributed by atoms with Crippen molar-refractivity contribution in [2.75, 3.05) is 0 Å². The molecule has 0 saturated heterocycles. The van der Waals surface area contributed by atoms with Crippen LogP contribution in [0.25, 0.3) is 11.1 Å². The van der Waals surface area contributed by atoms with Crippen LogP contribution in [0.1, 0.15) is 38.8 Å². The van der Waals surface area contributed by atoms with E-state index < -0.39 is 0 Å². The van der Waals surface area contributed by atoms with Crippen molar-refractivity contribution in [2.24, 2.45) is 5.92 Å². The van der Waals surface area contributed by atoms with Crippen molar-refractivity contribution in [3.8, 4) is 11.1 Å². The molecule has 3 aromatic rings. The minimum Gasteiger partial charge on any atom is -0.184 e. The van der Waals surface area contributed by atoms with E-state index >= 15 is 0 Å². The van der Waals surface area contributed by atoms with Crippen molar-refractivity contribution < 1.29 is 24.2 Å². The summed E-state index contributed by atoms with van der Waals surface area (Å²) in [5, 5.41) is 0. The molecule has 31 heavy (non-hydrogen) atoms. The summed E-state index contributed by atoms with van der Waals surface area (Å²) < 4.78 is 3.34. The van der Waals surface area contributed by atoms with Gasteiger partial charge in [0.05, 0.1) is 0 Å². The Bertz CT molecular complexity index is 863. The molecule has 1 heteroatoms. The standard InChI is InChI=1S/C13H9.C8H11.C6H5.C2H5.CH2.Zr/c1-3-7-12-10(5-1)9-11-6-2-4-8-13(11)12;1-6-4-7(2)8(3)5-6;1-2-4-6-5-3-1;1-2;;/h1-5,7-8H,9H2;4,6H,1-3H3;1-5H;1H2,2H3;1H2;/q4*-1;;. The van der Waals surface area contributed by atoms with Gasteiger partial charge in [0.2, 0.25) is 0 Å². The largest absolute Gasteiger partial charge is 0.184 e. The second-order valence-electron chi connectivity index (χ2n) is 6.88. The minimum absolute atomic E-state index is 0.551. The van der Waals surface area contributed by atoms with Gasteiger partial charge in [0.15, 0.2) is 0 Å². The average molecular weight is 484 g/mol. The second kappa shape index (κ2) is 15.7. The first-order valence-corrected chi connectivity index (χ1v) is 12.2. The Balaban J connectivity index is 0.000000231. The maximum Gasteiger partial charge on any atom is -0.0253 e. The number of rotatable bonds is 0. The molecule has 0 radical (unpaired) electrons. The fraction of sp³-hybridized carbons (Fsp3) is 0.200. The fourth-order valence-corrected chi connectivity index (χ4v) is 3.34. The van der Waals surface area contributed by atoms with Gasteiger partial charge in [-0.05, 0) is 6.42 Å². The van der Waals surface area contributed by atoms with Crippen LogP contribution in [0.5, 0.6) is 0 Å². The van der Waals surface area contributed by atoms with Gasteiger partial charge in [-0.15, -0.1) is 12.5 Å². The third-order valence-corrected chi connectivity index (χ3v) is 4.76. The summed E-state index contributed by atoms with van der Waals surface area (Å²) in [6, 6.07) is 30.6. The van der Waals surface area contributed by atoms with E-state index in [0.29, 0.717) is 5.92 Å². The Morgan fingerprint density at radius 1 is 0.871 bits per heavy atom. The molecule has 0 spiro atoms. The quantitative estimate of drug-likeness (QED) is 0.225. The second-order valence-corrected chi connectivity index (χ2v) is 6.88. The monoisotopic (exact) mass is 482 g/mol. The zero-order valence-electron chi connectivity index (χ0n) is 19.2. The molecule has 2 aliphatic carbocycles. The molecule has 0 amide bonds. The molecular formula is C30H32Zr-4. The van der Waals surface area contributed by atoms with E-state index in [1.54, 1.807) is 6.92 Å². The van der Waals surface area contributed by atoms with Gasteiger partial charge in [-0.25, -0.2) is 11.1 Å². The topological polar surface area (TPSA) is 0 Å². The Morgan fingerprint density at radius 3 is 2.00 bits per heavy atom. The van der Waals surface area contributed by atoms with Crippen LogP contribution in [0.4, 0.5) is 0 Å². The third kappa shape index (κ3) is 8.88. The van der Waals surface area contributed by atoms with Crippen molar-refractivity contribution in [1.82, 2.24) is 0 Å². The van der Waals surface area contributed by atoms with Crippen LogP contribution in [0, 0.1) is 31.1 Å². The summed E-state index contributed by atoms with van der Waals surface area (Å²) in [6.45, 7) is 11.4. The van der Waals surface area contributed by atoms with Crippen LogP contribution < -0.4 is 0 Å². The smallest absolute Gasteiger partial charge is 0.0253 e. The van der Waals surface area contributed by atoms with Crippen molar-refractivity contribution in [1.29, 1.82) is 0 Å². The molecule has 0 nitrogen and oxygen atoms in total. The number of allylic oxidation sites excluding steroid dienone is 4. The summed E-state index contributed by atoms with van der Waals surface area (Å²) in [5.74, 6) is 0.551. The van der Waals surface area contributed by atoms with Gasteiger partial charge in [0, 0.05) is 0 Å². The zero-order valence-corrected chi connectivity index (χ0v) is 21.7. The van der Waals surface area contributed by atoms with Crippen molar-refractivity contribution in [3.63, 3.8) is 0 Å². The first-order valence-electron chi connectivity index (χ1n) is 10.5. The Labute approximate surface area is 205 Å². The van der Waals surface area contributed by atoms with E-state index in [4.69, 9.17) is 0 Å². The molecule has 0 bridgehead atoms. The zero-order chi connectivity index (χ0) is 23.1. The number of hydrogen-bond donors (Lipinski definition) is 0. The maximum absolute atomic E-state index is 3.34. The fourth-order valence-electron chi connectivity index (χ4n) is 3.34. The molecule has 5 rings (SSSR count). The normalized spacial score (nSPS) is 14.1. The molecular weight excluding hydrogens is 452 g/mol. The SMILES string of the molecule is CC1=[C-]C(C)C=C1C.[CH2-]C.[CH2]=[Zr].[c-]1cccc2c1Cc1ccccc1-2.[c-]1ccccc1. The molecule has 1 unspecified atom stereocenters. The van der Waals surface area contributed by atoms with Gasteiger partial charge in [-0.3, -0.25) is 6.08 Å². The van der Waals surface area contributed by atoms with Crippen LogP contribution in [0.3, 0.4) is 0 Å². The van der Waals surface area contributed by atoms with Crippen LogP contribution in [-0.2, 0) is 30.7 Å². The molecule has 0 aromatic heterocycles. The Kier molecular flexibility index (Phi) is 13.6. The molecule has 0 aliphatic heterocycles. The number of benzene rings is 3. The van der Waals surface area contributed by atoms with Crippen molar-refractivity contribution >= 4 is 4.21 Å².